The van der Waals surface area contributed by atoms with Crippen molar-refractivity contribution in [3.63, 3.8) is 0 Å². The fourth-order valence-electron chi connectivity index (χ4n) is 2.92. The number of amides is 2. The molecule has 146 valence electrons. The Morgan fingerprint density at radius 1 is 1.18 bits per heavy atom. The lowest BCUT2D eigenvalue weighted by Gasteiger charge is -2.16. The molecule has 0 saturated carbocycles. The summed E-state index contributed by atoms with van der Waals surface area (Å²) in [5.74, 6) is -1.11. The Labute approximate surface area is 172 Å². The maximum absolute atomic E-state index is 12.7. The van der Waals surface area contributed by atoms with Gasteiger partial charge in [-0.25, -0.2) is 9.69 Å². The van der Waals surface area contributed by atoms with E-state index in [1.807, 2.05) is 0 Å². The third-order valence-electron chi connectivity index (χ3n) is 4.34. The van der Waals surface area contributed by atoms with Crippen LogP contribution in [-0.2, 0) is 20.9 Å². The number of rotatable bonds is 6. The zero-order chi connectivity index (χ0) is 20.3. The molecule has 2 aromatic rings. The van der Waals surface area contributed by atoms with Crippen LogP contribution in [0.1, 0.15) is 29.3 Å². The van der Waals surface area contributed by atoms with Gasteiger partial charge in [0.05, 0.1) is 30.3 Å². The van der Waals surface area contributed by atoms with Crippen LogP contribution in [0.2, 0.25) is 10.0 Å². The Kier molecular flexibility index (Phi) is 6.34. The van der Waals surface area contributed by atoms with E-state index in [1.165, 1.54) is 12.1 Å². The van der Waals surface area contributed by atoms with Crippen LogP contribution in [0.5, 0.6) is 0 Å². The predicted molar refractivity (Wildman–Crippen MR) is 107 cm³/mol. The van der Waals surface area contributed by atoms with E-state index in [0.29, 0.717) is 27.8 Å². The van der Waals surface area contributed by atoms with Crippen LogP contribution < -0.4 is 10.2 Å². The average molecular weight is 421 g/mol. The number of halogens is 2. The van der Waals surface area contributed by atoms with Gasteiger partial charge in [0.2, 0.25) is 5.91 Å². The Bertz CT molecular complexity index is 915. The summed E-state index contributed by atoms with van der Waals surface area (Å²) in [4.78, 5) is 37.9. The molecule has 1 aliphatic rings. The number of esters is 1. The van der Waals surface area contributed by atoms with E-state index in [1.54, 1.807) is 37.3 Å². The molecule has 28 heavy (non-hydrogen) atoms. The minimum atomic E-state index is -0.649. The average Bonchev–Trinajstić information content (AvgIpc) is 2.95. The molecule has 0 bridgehead atoms. The van der Waals surface area contributed by atoms with Crippen LogP contribution in [0.25, 0.3) is 0 Å². The van der Waals surface area contributed by atoms with Gasteiger partial charge in [-0.15, -0.1) is 0 Å². The number of ether oxygens (including phenoxy) is 1. The Morgan fingerprint density at radius 3 is 2.54 bits per heavy atom. The van der Waals surface area contributed by atoms with E-state index in [-0.39, 0.29) is 24.8 Å². The van der Waals surface area contributed by atoms with Gasteiger partial charge in [0.25, 0.3) is 5.91 Å². The summed E-state index contributed by atoms with van der Waals surface area (Å²) >= 11 is 12.0. The van der Waals surface area contributed by atoms with Gasteiger partial charge in [0, 0.05) is 16.6 Å². The summed E-state index contributed by atoms with van der Waals surface area (Å²) in [7, 11) is 0. The van der Waals surface area contributed by atoms with Gasteiger partial charge in [-0.3, -0.25) is 9.59 Å². The molecule has 1 saturated heterocycles. The number of carbonyl (C=O) groups is 3. The van der Waals surface area contributed by atoms with Gasteiger partial charge in [0.15, 0.2) is 0 Å². The quantitative estimate of drug-likeness (QED) is 0.570. The molecular weight excluding hydrogens is 403 g/mol. The topological polar surface area (TPSA) is 75.7 Å². The molecule has 1 N–H and O–H groups in total. The second-order valence-corrected chi connectivity index (χ2v) is 7.05. The normalized spacial score (nSPS) is 16.5. The van der Waals surface area contributed by atoms with Crippen LogP contribution in [0.3, 0.4) is 0 Å². The van der Waals surface area contributed by atoms with E-state index < -0.39 is 12.0 Å². The van der Waals surface area contributed by atoms with Gasteiger partial charge in [-0.2, -0.15) is 0 Å². The molecule has 0 radical (unpaired) electrons. The number of anilines is 1. The molecule has 3 rings (SSSR count). The van der Waals surface area contributed by atoms with Gasteiger partial charge in [-0.05, 0) is 48.9 Å². The van der Waals surface area contributed by atoms with E-state index in [0.717, 1.165) is 10.5 Å². The highest BCUT2D eigenvalue weighted by Gasteiger charge is 2.39. The molecule has 0 aliphatic carbocycles. The fraction of sp³-hybridized carbons (Fsp3) is 0.250. The van der Waals surface area contributed by atoms with Crippen LogP contribution >= 0.6 is 23.2 Å². The van der Waals surface area contributed by atoms with Gasteiger partial charge < -0.3 is 10.1 Å². The van der Waals surface area contributed by atoms with E-state index in [4.69, 9.17) is 27.9 Å². The smallest absolute Gasteiger partial charge is 0.338 e. The van der Waals surface area contributed by atoms with Crippen molar-refractivity contribution >= 4 is 46.7 Å². The third-order valence-corrected chi connectivity index (χ3v) is 4.92. The number of carbonyl (C=O) groups excluding carboxylic acids is 3. The molecule has 1 atom stereocenters. The standard InChI is InChI=1S/C20H18Cl2N2O4/c1-2-28-20(27)12-4-7-15(8-5-12)24-18(25)10-17(19(24)26)23-11-13-3-6-14(21)9-16(13)22/h3-9,17,23H,2,10-11H2,1H3. The highest BCUT2D eigenvalue weighted by molar-refractivity contribution is 6.35. The van der Waals surface area contributed by atoms with E-state index >= 15 is 0 Å². The molecule has 8 heteroatoms. The first kappa shape index (κ1) is 20.3. The highest BCUT2D eigenvalue weighted by atomic mass is 35.5. The van der Waals surface area contributed by atoms with E-state index in [2.05, 4.69) is 5.32 Å². The van der Waals surface area contributed by atoms with Crippen LogP contribution in [0.4, 0.5) is 5.69 Å². The molecular formula is C20H18Cl2N2O4. The number of nitrogens with zero attached hydrogens (tertiary/aromatic N) is 1. The van der Waals surface area contributed by atoms with Gasteiger partial charge in [-0.1, -0.05) is 29.3 Å². The number of hydrogen-bond donors (Lipinski definition) is 1. The molecule has 1 fully saturated rings. The van der Waals surface area contributed by atoms with Gasteiger partial charge >= 0.3 is 5.97 Å². The summed E-state index contributed by atoms with van der Waals surface area (Å²) in [5, 5.41) is 4.09. The third kappa shape index (κ3) is 4.35. The molecule has 1 heterocycles. The van der Waals surface area contributed by atoms with Gasteiger partial charge in [0.1, 0.15) is 0 Å². The first-order chi connectivity index (χ1) is 13.4. The number of nitrogens with one attached hydrogen (secondary N) is 1. The van der Waals surface area contributed by atoms with Crippen molar-refractivity contribution in [2.24, 2.45) is 0 Å². The van der Waals surface area contributed by atoms with Crippen LogP contribution in [0.15, 0.2) is 42.5 Å². The minimum absolute atomic E-state index is 0.0453. The molecule has 1 unspecified atom stereocenters. The second-order valence-electron chi connectivity index (χ2n) is 6.21. The number of benzene rings is 2. The molecule has 6 nitrogen and oxygen atoms in total. The lowest BCUT2D eigenvalue weighted by molar-refractivity contribution is -0.121. The number of hydrogen-bond acceptors (Lipinski definition) is 5. The summed E-state index contributed by atoms with van der Waals surface area (Å²) in [6.45, 7) is 2.32. The largest absolute Gasteiger partial charge is 0.462 e. The minimum Gasteiger partial charge on any atom is -0.462 e. The first-order valence-electron chi connectivity index (χ1n) is 8.72. The summed E-state index contributed by atoms with van der Waals surface area (Å²) < 4.78 is 4.93. The lowest BCUT2D eigenvalue weighted by Crippen LogP contribution is -2.38. The Hall–Kier alpha value is -2.41. The zero-order valence-corrected chi connectivity index (χ0v) is 16.6. The maximum Gasteiger partial charge on any atom is 0.338 e. The zero-order valence-electron chi connectivity index (χ0n) is 15.1. The highest BCUT2D eigenvalue weighted by Crippen LogP contribution is 2.25. The molecule has 2 amide bonds. The van der Waals surface area contributed by atoms with Crippen molar-refractivity contribution in [3.05, 3.63) is 63.6 Å². The van der Waals surface area contributed by atoms with Crippen molar-refractivity contribution in [2.45, 2.75) is 25.9 Å². The monoisotopic (exact) mass is 420 g/mol. The molecule has 2 aromatic carbocycles. The second kappa shape index (κ2) is 8.73. The van der Waals surface area contributed by atoms with Crippen molar-refractivity contribution in [2.75, 3.05) is 11.5 Å². The van der Waals surface area contributed by atoms with Crippen LogP contribution in [0, 0.1) is 0 Å². The Balaban J connectivity index is 1.68. The van der Waals surface area contributed by atoms with Crippen molar-refractivity contribution in [1.29, 1.82) is 0 Å². The lowest BCUT2D eigenvalue weighted by atomic mass is 10.2. The Morgan fingerprint density at radius 2 is 1.89 bits per heavy atom. The summed E-state index contributed by atoms with van der Waals surface area (Å²) in [5.41, 5.74) is 1.55. The summed E-state index contributed by atoms with van der Waals surface area (Å²) in [6, 6.07) is 10.6. The predicted octanol–water partition coefficient (Wildman–Crippen LogP) is 3.59. The summed E-state index contributed by atoms with van der Waals surface area (Å²) in [6.07, 6.45) is 0.0453. The van der Waals surface area contributed by atoms with Crippen LogP contribution in [-0.4, -0.2) is 30.4 Å². The fourth-order valence-corrected chi connectivity index (χ4v) is 3.40. The van der Waals surface area contributed by atoms with Crippen molar-refractivity contribution < 1.29 is 19.1 Å². The first-order valence-corrected chi connectivity index (χ1v) is 9.47. The van der Waals surface area contributed by atoms with E-state index in [9.17, 15) is 14.4 Å². The van der Waals surface area contributed by atoms with Crippen molar-refractivity contribution in [3.8, 4) is 0 Å². The van der Waals surface area contributed by atoms with Crippen molar-refractivity contribution in [1.82, 2.24) is 5.32 Å². The SMILES string of the molecule is CCOC(=O)c1ccc(N2C(=O)CC(NCc3ccc(Cl)cc3Cl)C2=O)cc1. The number of imide groups is 1. The molecule has 1 aliphatic heterocycles. The maximum atomic E-state index is 12.7. The molecule has 0 spiro atoms. The molecule has 0 aromatic heterocycles.